The molecule has 1 unspecified atom stereocenters. The number of aromatic nitrogens is 2. The molecule has 0 aliphatic carbocycles. The van der Waals surface area contributed by atoms with Crippen molar-refractivity contribution < 1.29 is 9.53 Å². The molecule has 0 radical (unpaired) electrons. The zero-order chi connectivity index (χ0) is 13.0. The normalized spacial score (nSPS) is 19.8. The van der Waals surface area contributed by atoms with Gasteiger partial charge in [-0.1, -0.05) is 0 Å². The number of hydrogen-bond acceptors (Lipinski definition) is 4. The van der Waals surface area contributed by atoms with Crippen LogP contribution in [0.4, 0.5) is 0 Å². The number of nitrogens with zero attached hydrogens (tertiary/aromatic N) is 2. The Hall–Kier alpha value is -1.40. The first-order valence-corrected chi connectivity index (χ1v) is 6.23. The number of hydrogen-bond donors (Lipinski definition) is 2. The Labute approximate surface area is 107 Å². The molecule has 2 rings (SSSR count). The van der Waals surface area contributed by atoms with Crippen molar-refractivity contribution in [2.75, 3.05) is 19.7 Å². The molecule has 6 heteroatoms. The van der Waals surface area contributed by atoms with Gasteiger partial charge in [0.1, 0.15) is 0 Å². The molecule has 18 heavy (non-hydrogen) atoms. The van der Waals surface area contributed by atoms with E-state index in [1.807, 2.05) is 20.2 Å². The average molecular weight is 252 g/mol. The largest absolute Gasteiger partial charge is 0.375 e. The van der Waals surface area contributed by atoms with Crippen molar-refractivity contribution in [3.8, 4) is 0 Å². The van der Waals surface area contributed by atoms with E-state index in [-0.39, 0.29) is 12.0 Å². The SMILES string of the molecule is Cc1nn(C)cc1CNC(=O)CC1CNCCO1. The first-order chi connectivity index (χ1) is 8.65. The fraction of sp³-hybridized carbons (Fsp3) is 0.667. The van der Waals surface area contributed by atoms with Gasteiger partial charge in [-0.15, -0.1) is 0 Å². The van der Waals surface area contributed by atoms with Crippen molar-refractivity contribution in [3.05, 3.63) is 17.5 Å². The molecule has 1 saturated heterocycles. The summed E-state index contributed by atoms with van der Waals surface area (Å²) in [6, 6.07) is 0. The number of ether oxygens (including phenoxy) is 1. The van der Waals surface area contributed by atoms with Gasteiger partial charge in [0.05, 0.1) is 24.8 Å². The number of carbonyl (C=O) groups excluding carboxylic acids is 1. The average Bonchev–Trinajstić information content (AvgIpc) is 2.66. The molecule has 0 spiro atoms. The Balaban J connectivity index is 1.75. The summed E-state index contributed by atoms with van der Waals surface area (Å²) in [6.45, 7) is 4.76. The second-order valence-electron chi connectivity index (χ2n) is 4.59. The summed E-state index contributed by atoms with van der Waals surface area (Å²) in [7, 11) is 1.87. The first kappa shape index (κ1) is 13.0. The van der Waals surface area contributed by atoms with Crippen LogP contribution in [0.25, 0.3) is 0 Å². The van der Waals surface area contributed by atoms with Gasteiger partial charge >= 0.3 is 0 Å². The smallest absolute Gasteiger partial charge is 0.222 e. The van der Waals surface area contributed by atoms with Crippen LogP contribution >= 0.6 is 0 Å². The van der Waals surface area contributed by atoms with Crippen LogP contribution in [0.1, 0.15) is 17.7 Å². The van der Waals surface area contributed by atoms with Crippen molar-refractivity contribution in [1.29, 1.82) is 0 Å². The van der Waals surface area contributed by atoms with E-state index in [9.17, 15) is 4.79 Å². The van der Waals surface area contributed by atoms with E-state index in [0.717, 1.165) is 24.3 Å². The fourth-order valence-electron chi connectivity index (χ4n) is 2.05. The molecule has 1 fully saturated rings. The maximum atomic E-state index is 11.8. The van der Waals surface area contributed by atoms with Gasteiger partial charge in [-0.2, -0.15) is 5.10 Å². The molecular formula is C12H20N4O2. The highest BCUT2D eigenvalue weighted by Crippen LogP contribution is 2.05. The molecule has 0 bridgehead atoms. The molecule has 1 aliphatic rings. The van der Waals surface area contributed by atoms with Crippen LogP contribution in [0, 0.1) is 6.92 Å². The van der Waals surface area contributed by atoms with E-state index in [2.05, 4.69) is 15.7 Å². The lowest BCUT2D eigenvalue weighted by atomic mass is 10.2. The maximum absolute atomic E-state index is 11.8. The molecule has 1 amide bonds. The third kappa shape index (κ3) is 3.54. The molecule has 1 aromatic rings. The Bertz CT molecular complexity index is 410. The topological polar surface area (TPSA) is 68.2 Å². The lowest BCUT2D eigenvalue weighted by Gasteiger charge is -2.22. The van der Waals surface area contributed by atoms with Crippen LogP contribution in [-0.2, 0) is 23.1 Å². The van der Waals surface area contributed by atoms with Crippen LogP contribution in [0.15, 0.2) is 6.20 Å². The monoisotopic (exact) mass is 252 g/mol. The molecule has 0 aromatic carbocycles. The Morgan fingerprint density at radius 2 is 2.56 bits per heavy atom. The zero-order valence-electron chi connectivity index (χ0n) is 10.9. The highest BCUT2D eigenvalue weighted by molar-refractivity contribution is 5.76. The van der Waals surface area contributed by atoms with Crippen LogP contribution in [0.2, 0.25) is 0 Å². The molecule has 1 atom stereocenters. The van der Waals surface area contributed by atoms with Crippen molar-refractivity contribution in [2.45, 2.75) is 26.0 Å². The number of amides is 1. The lowest BCUT2D eigenvalue weighted by Crippen LogP contribution is -2.41. The van der Waals surface area contributed by atoms with Crippen LogP contribution in [-0.4, -0.2) is 41.5 Å². The molecule has 2 N–H and O–H groups in total. The molecule has 1 aliphatic heterocycles. The van der Waals surface area contributed by atoms with Crippen molar-refractivity contribution >= 4 is 5.91 Å². The van der Waals surface area contributed by atoms with Gasteiger partial charge in [0.2, 0.25) is 5.91 Å². The standard InChI is InChI=1S/C12H20N4O2/c1-9-10(8-16(2)15-9)6-14-12(17)5-11-7-13-3-4-18-11/h8,11,13H,3-7H2,1-2H3,(H,14,17). The Morgan fingerprint density at radius 3 is 3.17 bits per heavy atom. The Kier molecular flexibility index (Phi) is 4.33. The minimum absolute atomic E-state index is 0.00579. The number of rotatable bonds is 4. The van der Waals surface area contributed by atoms with Gasteiger partial charge in [-0.3, -0.25) is 9.48 Å². The summed E-state index contributed by atoms with van der Waals surface area (Å²) in [5, 5.41) is 10.3. The van der Waals surface area contributed by atoms with E-state index >= 15 is 0 Å². The molecule has 1 aromatic heterocycles. The molecule has 6 nitrogen and oxygen atoms in total. The van der Waals surface area contributed by atoms with Crippen LogP contribution in [0.3, 0.4) is 0 Å². The van der Waals surface area contributed by atoms with E-state index in [0.29, 0.717) is 19.6 Å². The number of aryl methyl sites for hydroxylation is 2. The highest BCUT2D eigenvalue weighted by atomic mass is 16.5. The van der Waals surface area contributed by atoms with Gasteiger partial charge in [0.15, 0.2) is 0 Å². The lowest BCUT2D eigenvalue weighted by molar-refractivity contribution is -0.124. The predicted octanol–water partition coefficient (Wildman–Crippen LogP) is -0.277. The molecule has 0 saturated carbocycles. The Morgan fingerprint density at radius 1 is 1.72 bits per heavy atom. The highest BCUT2D eigenvalue weighted by Gasteiger charge is 2.17. The van der Waals surface area contributed by atoms with Gasteiger partial charge in [0.25, 0.3) is 0 Å². The van der Waals surface area contributed by atoms with Crippen molar-refractivity contribution in [3.63, 3.8) is 0 Å². The number of morpholine rings is 1. The number of carbonyl (C=O) groups is 1. The van der Waals surface area contributed by atoms with Gasteiger partial charge in [0, 0.05) is 38.4 Å². The quantitative estimate of drug-likeness (QED) is 0.773. The molecular weight excluding hydrogens is 232 g/mol. The third-order valence-corrected chi connectivity index (χ3v) is 3.01. The van der Waals surface area contributed by atoms with Crippen molar-refractivity contribution in [2.24, 2.45) is 7.05 Å². The summed E-state index contributed by atoms with van der Waals surface area (Å²) < 4.78 is 7.24. The maximum Gasteiger partial charge on any atom is 0.222 e. The number of nitrogens with one attached hydrogen (secondary N) is 2. The van der Waals surface area contributed by atoms with E-state index in [1.54, 1.807) is 4.68 Å². The van der Waals surface area contributed by atoms with E-state index in [1.165, 1.54) is 0 Å². The summed E-state index contributed by atoms with van der Waals surface area (Å²) in [4.78, 5) is 11.8. The van der Waals surface area contributed by atoms with E-state index < -0.39 is 0 Å². The van der Waals surface area contributed by atoms with E-state index in [4.69, 9.17) is 4.74 Å². The summed E-state index contributed by atoms with van der Waals surface area (Å²) in [6.07, 6.45) is 2.33. The van der Waals surface area contributed by atoms with Gasteiger partial charge in [-0.05, 0) is 6.92 Å². The minimum atomic E-state index is -0.00579. The fourth-order valence-corrected chi connectivity index (χ4v) is 2.05. The summed E-state index contributed by atoms with van der Waals surface area (Å²) >= 11 is 0. The minimum Gasteiger partial charge on any atom is -0.375 e. The molecule has 2 heterocycles. The second kappa shape index (κ2) is 5.97. The van der Waals surface area contributed by atoms with Gasteiger partial charge < -0.3 is 15.4 Å². The predicted molar refractivity (Wildman–Crippen MR) is 67.0 cm³/mol. The van der Waals surface area contributed by atoms with Crippen molar-refractivity contribution in [1.82, 2.24) is 20.4 Å². The van der Waals surface area contributed by atoms with Crippen LogP contribution < -0.4 is 10.6 Å². The zero-order valence-corrected chi connectivity index (χ0v) is 10.9. The second-order valence-corrected chi connectivity index (χ2v) is 4.59. The van der Waals surface area contributed by atoms with Gasteiger partial charge in [-0.25, -0.2) is 0 Å². The first-order valence-electron chi connectivity index (χ1n) is 6.23. The third-order valence-electron chi connectivity index (χ3n) is 3.01. The summed E-state index contributed by atoms with van der Waals surface area (Å²) in [5.41, 5.74) is 2.00. The molecule has 100 valence electrons. The summed E-state index contributed by atoms with van der Waals surface area (Å²) in [5.74, 6) is 0.0203. The van der Waals surface area contributed by atoms with Crippen LogP contribution in [0.5, 0.6) is 0 Å².